The second kappa shape index (κ2) is 7.40. The van der Waals surface area contributed by atoms with Gasteiger partial charge in [0.15, 0.2) is 0 Å². The van der Waals surface area contributed by atoms with Gasteiger partial charge >= 0.3 is 5.97 Å². The van der Waals surface area contributed by atoms with Crippen LogP contribution in [0, 0.1) is 0 Å². The average molecular weight is 235 g/mol. The zero-order valence-corrected chi connectivity index (χ0v) is 9.81. The predicted molar refractivity (Wildman–Crippen MR) is 67.6 cm³/mol. The summed E-state index contributed by atoms with van der Waals surface area (Å²) in [5.41, 5.74) is 6.81. The van der Waals surface area contributed by atoms with E-state index in [0.717, 1.165) is 19.4 Å². The standard InChI is InChI=1S/C12H17N3O2/c1-2-3-8-14-15-9-13-11-6-4-10(5-7-11)12(16)17/h4-7,9,14H,2-3,8H2,1H3,(H,13,15)(H,16,17). The molecular formula is C12H17N3O2. The highest BCUT2D eigenvalue weighted by Crippen LogP contribution is 2.11. The molecule has 1 rings (SSSR count). The molecule has 0 aromatic heterocycles. The van der Waals surface area contributed by atoms with Crippen molar-refractivity contribution in [3.63, 3.8) is 0 Å². The van der Waals surface area contributed by atoms with Gasteiger partial charge in [0.25, 0.3) is 0 Å². The van der Waals surface area contributed by atoms with E-state index in [1.807, 2.05) is 0 Å². The molecule has 0 aliphatic rings. The normalized spacial score (nSPS) is 10.6. The zero-order chi connectivity index (χ0) is 12.5. The summed E-state index contributed by atoms with van der Waals surface area (Å²) < 4.78 is 0. The molecule has 0 heterocycles. The molecule has 3 N–H and O–H groups in total. The first-order valence-corrected chi connectivity index (χ1v) is 5.58. The lowest BCUT2D eigenvalue weighted by atomic mass is 10.2. The van der Waals surface area contributed by atoms with E-state index in [9.17, 15) is 4.79 Å². The Morgan fingerprint density at radius 1 is 1.41 bits per heavy atom. The molecule has 92 valence electrons. The second-order valence-corrected chi connectivity index (χ2v) is 3.53. The summed E-state index contributed by atoms with van der Waals surface area (Å²) in [6.07, 6.45) is 3.79. The molecule has 5 nitrogen and oxygen atoms in total. The van der Waals surface area contributed by atoms with Crippen LogP contribution in [-0.4, -0.2) is 24.0 Å². The van der Waals surface area contributed by atoms with Crippen molar-refractivity contribution >= 4 is 18.0 Å². The van der Waals surface area contributed by atoms with Crippen LogP contribution in [0.15, 0.2) is 29.3 Å². The number of hydrogen-bond acceptors (Lipinski definition) is 3. The molecule has 0 bridgehead atoms. The van der Waals surface area contributed by atoms with Crippen molar-refractivity contribution < 1.29 is 9.90 Å². The van der Waals surface area contributed by atoms with E-state index in [1.165, 1.54) is 12.1 Å². The lowest BCUT2D eigenvalue weighted by molar-refractivity contribution is 0.0697. The van der Waals surface area contributed by atoms with Crippen LogP contribution in [0.5, 0.6) is 0 Å². The van der Waals surface area contributed by atoms with Crippen molar-refractivity contribution in [2.24, 2.45) is 4.99 Å². The summed E-state index contributed by atoms with van der Waals surface area (Å²) in [5.74, 6) is -0.931. The SMILES string of the molecule is CCCCNNC=Nc1ccc(C(=O)O)cc1. The fourth-order valence-electron chi connectivity index (χ4n) is 1.18. The average Bonchev–Trinajstić information content (AvgIpc) is 2.34. The first kappa shape index (κ1) is 13.2. The van der Waals surface area contributed by atoms with Crippen LogP contribution in [0.4, 0.5) is 5.69 Å². The van der Waals surface area contributed by atoms with Crippen molar-refractivity contribution in [1.82, 2.24) is 10.9 Å². The molecule has 1 aromatic carbocycles. The van der Waals surface area contributed by atoms with E-state index in [4.69, 9.17) is 5.11 Å². The number of benzene rings is 1. The molecule has 0 amide bonds. The van der Waals surface area contributed by atoms with Gasteiger partial charge in [0.05, 0.1) is 11.3 Å². The van der Waals surface area contributed by atoms with E-state index in [1.54, 1.807) is 18.5 Å². The van der Waals surface area contributed by atoms with Crippen molar-refractivity contribution in [1.29, 1.82) is 0 Å². The maximum Gasteiger partial charge on any atom is 0.335 e. The molecule has 1 aromatic rings. The highest BCUT2D eigenvalue weighted by Gasteiger charge is 1.99. The number of carboxylic acids is 1. The molecule has 0 unspecified atom stereocenters. The van der Waals surface area contributed by atoms with Gasteiger partial charge in [-0.05, 0) is 30.7 Å². The smallest absolute Gasteiger partial charge is 0.335 e. The number of carboxylic acid groups (broad SMARTS) is 1. The van der Waals surface area contributed by atoms with Crippen LogP contribution in [-0.2, 0) is 0 Å². The molecule has 0 saturated heterocycles. The second-order valence-electron chi connectivity index (χ2n) is 3.53. The number of hydrogen-bond donors (Lipinski definition) is 3. The minimum atomic E-state index is -0.931. The summed E-state index contributed by atoms with van der Waals surface area (Å²) in [4.78, 5) is 14.7. The number of nitrogens with zero attached hydrogens (tertiary/aromatic N) is 1. The van der Waals surface area contributed by atoms with E-state index < -0.39 is 5.97 Å². The third kappa shape index (κ3) is 5.12. The van der Waals surface area contributed by atoms with Crippen molar-refractivity contribution in [3.05, 3.63) is 29.8 Å². The largest absolute Gasteiger partial charge is 0.478 e. The van der Waals surface area contributed by atoms with E-state index in [-0.39, 0.29) is 5.56 Å². The van der Waals surface area contributed by atoms with Gasteiger partial charge in [-0.15, -0.1) is 0 Å². The fraction of sp³-hybridized carbons (Fsp3) is 0.333. The van der Waals surface area contributed by atoms with Crippen molar-refractivity contribution in [3.8, 4) is 0 Å². The first-order valence-electron chi connectivity index (χ1n) is 5.58. The Bertz CT molecular complexity index is 374. The minimum Gasteiger partial charge on any atom is -0.478 e. The third-order valence-electron chi connectivity index (χ3n) is 2.15. The molecule has 0 saturated carbocycles. The van der Waals surface area contributed by atoms with Gasteiger partial charge in [-0.3, -0.25) is 0 Å². The van der Waals surface area contributed by atoms with E-state index in [0.29, 0.717) is 5.69 Å². The topological polar surface area (TPSA) is 73.7 Å². The van der Waals surface area contributed by atoms with E-state index >= 15 is 0 Å². The highest BCUT2D eigenvalue weighted by atomic mass is 16.4. The maximum absolute atomic E-state index is 10.6. The van der Waals surface area contributed by atoms with Crippen molar-refractivity contribution in [2.45, 2.75) is 19.8 Å². The Hall–Kier alpha value is -1.88. The van der Waals surface area contributed by atoms with Gasteiger partial charge in [0.2, 0.25) is 0 Å². The lowest BCUT2D eigenvalue weighted by Gasteiger charge is -2.01. The molecule has 0 spiro atoms. The maximum atomic E-state index is 10.6. The van der Waals surface area contributed by atoms with Crippen LogP contribution in [0.1, 0.15) is 30.1 Å². The summed E-state index contributed by atoms with van der Waals surface area (Å²) in [6, 6.07) is 6.38. The molecule has 0 atom stereocenters. The van der Waals surface area contributed by atoms with Gasteiger partial charge in [-0.1, -0.05) is 13.3 Å². The van der Waals surface area contributed by atoms with Crippen LogP contribution < -0.4 is 10.9 Å². The molecule has 0 fully saturated rings. The number of aliphatic imine (C=N–C) groups is 1. The Morgan fingerprint density at radius 2 is 2.12 bits per heavy atom. The van der Waals surface area contributed by atoms with Gasteiger partial charge in [0, 0.05) is 6.54 Å². The lowest BCUT2D eigenvalue weighted by Crippen LogP contribution is -2.30. The molecule has 5 heteroatoms. The zero-order valence-electron chi connectivity index (χ0n) is 9.81. The summed E-state index contributed by atoms with van der Waals surface area (Å²) in [5, 5.41) is 8.71. The number of aromatic carboxylic acids is 1. The Morgan fingerprint density at radius 3 is 2.71 bits per heavy atom. The van der Waals surface area contributed by atoms with Gasteiger partial charge in [-0.2, -0.15) is 0 Å². The number of carbonyl (C=O) groups is 1. The fourth-order valence-corrected chi connectivity index (χ4v) is 1.18. The number of hydrazine groups is 1. The van der Waals surface area contributed by atoms with Crippen LogP contribution >= 0.6 is 0 Å². The minimum absolute atomic E-state index is 0.262. The summed E-state index contributed by atoms with van der Waals surface area (Å²) in [7, 11) is 0. The number of unbranched alkanes of at least 4 members (excludes halogenated alkanes) is 1. The quantitative estimate of drug-likeness (QED) is 0.292. The highest BCUT2D eigenvalue weighted by molar-refractivity contribution is 5.87. The van der Waals surface area contributed by atoms with Crippen LogP contribution in [0.25, 0.3) is 0 Å². The molecule has 0 aliphatic carbocycles. The predicted octanol–water partition coefficient (Wildman–Crippen LogP) is 1.94. The number of rotatable bonds is 7. The van der Waals surface area contributed by atoms with E-state index in [2.05, 4.69) is 22.8 Å². The Kier molecular flexibility index (Phi) is 5.74. The van der Waals surface area contributed by atoms with Crippen LogP contribution in [0.3, 0.4) is 0 Å². The van der Waals surface area contributed by atoms with Gasteiger partial charge in [0.1, 0.15) is 6.34 Å². The Balaban J connectivity index is 2.36. The third-order valence-corrected chi connectivity index (χ3v) is 2.15. The monoisotopic (exact) mass is 235 g/mol. The first-order chi connectivity index (χ1) is 8.24. The Labute approximate surface area is 101 Å². The van der Waals surface area contributed by atoms with Gasteiger partial charge in [-0.25, -0.2) is 15.2 Å². The molecule has 0 radical (unpaired) electrons. The van der Waals surface area contributed by atoms with Gasteiger partial charge < -0.3 is 10.5 Å². The van der Waals surface area contributed by atoms with Crippen molar-refractivity contribution in [2.75, 3.05) is 6.54 Å². The number of nitrogens with one attached hydrogen (secondary N) is 2. The van der Waals surface area contributed by atoms with Crippen LogP contribution in [0.2, 0.25) is 0 Å². The summed E-state index contributed by atoms with van der Waals surface area (Å²) >= 11 is 0. The molecule has 0 aliphatic heterocycles. The molecular weight excluding hydrogens is 218 g/mol. The summed E-state index contributed by atoms with van der Waals surface area (Å²) in [6.45, 7) is 3.01. The molecule has 17 heavy (non-hydrogen) atoms.